The maximum absolute atomic E-state index is 13.5. The lowest BCUT2D eigenvalue weighted by molar-refractivity contribution is -0.115. The molecule has 1 aliphatic heterocycles. The first-order valence-electron chi connectivity index (χ1n) is 6.72. The van der Waals surface area contributed by atoms with Crippen molar-refractivity contribution >= 4 is 21.9 Å². The number of nitrogens with zero attached hydrogens (tertiary/aromatic N) is 2. The van der Waals surface area contributed by atoms with Crippen LogP contribution < -0.4 is 10.5 Å². The molecular weight excluding hydrogens is 325 g/mol. The first-order valence-corrected chi connectivity index (χ1v) is 8.22. The summed E-state index contributed by atoms with van der Waals surface area (Å²) >= 11 is 0. The van der Waals surface area contributed by atoms with Crippen LogP contribution in [-0.2, 0) is 34.5 Å². The minimum absolute atomic E-state index is 0.0278. The summed E-state index contributed by atoms with van der Waals surface area (Å²) in [6, 6.07) is 5.99. The number of hydrogen-bond acceptors (Lipinski definition) is 4. The molecule has 3 rings (SSSR count). The van der Waals surface area contributed by atoms with Crippen LogP contribution in [0.2, 0.25) is 0 Å². The lowest BCUT2D eigenvalue weighted by atomic mass is 10.1. The third-order valence-electron chi connectivity index (χ3n) is 3.55. The molecule has 0 atom stereocenters. The number of halogens is 1. The summed E-state index contributed by atoms with van der Waals surface area (Å²) in [5.41, 5.74) is 1.33. The Morgan fingerprint density at radius 1 is 1.39 bits per heavy atom. The van der Waals surface area contributed by atoms with Gasteiger partial charge in [-0.3, -0.25) is 9.89 Å². The van der Waals surface area contributed by atoms with Crippen molar-refractivity contribution in [2.45, 2.75) is 19.5 Å². The Labute approximate surface area is 131 Å². The van der Waals surface area contributed by atoms with Crippen molar-refractivity contribution in [3.63, 3.8) is 0 Å². The van der Waals surface area contributed by atoms with E-state index in [1.807, 2.05) is 0 Å². The molecule has 0 saturated heterocycles. The zero-order chi connectivity index (χ0) is 16.6. The lowest BCUT2D eigenvalue weighted by Gasteiger charge is -2.11. The van der Waals surface area contributed by atoms with Crippen LogP contribution >= 0.6 is 0 Å². The fourth-order valence-electron chi connectivity index (χ4n) is 2.38. The van der Waals surface area contributed by atoms with Gasteiger partial charge in [-0.1, -0.05) is 18.2 Å². The fraction of sp³-hybridized carbons (Fsp3) is 0.231. The van der Waals surface area contributed by atoms with Gasteiger partial charge in [-0.25, -0.2) is 9.53 Å². The third-order valence-corrected chi connectivity index (χ3v) is 4.52. The molecule has 1 aliphatic rings. The molecule has 1 amide bonds. The minimum atomic E-state index is -3.82. The number of nitrogens with two attached hydrogens (primary N) is 1. The van der Waals surface area contributed by atoms with Gasteiger partial charge in [0, 0.05) is 12.1 Å². The number of aromatic amines is 1. The molecule has 8 nitrogen and oxygen atoms in total. The first-order chi connectivity index (χ1) is 10.8. The van der Waals surface area contributed by atoms with Crippen LogP contribution in [0.4, 0.5) is 10.2 Å². The van der Waals surface area contributed by atoms with Gasteiger partial charge in [-0.15, -0.1) is 0 Å². The van der Waals surface area contributed by atoms with E-state index in [-0.39, 0.29) is 25.1 Å². The second-order valence-electron chi connectivity index (χ2n) is 5.15. The van der Waals surface area contributed by atoms with Gasteiger partial charge in [-0.05, 0) is 11.6 Å². The molecule has 23 heavy (non-hydrogen) atoms. The molecule has 1 aromatic heterocycles. The summed E-state index contributed by atoms with van der Waals surface area (Å²) in [6.07, 6.45) is -0.140. The van der Waals surface area contributed by atoms with Gasteiger partial charge < -0.3 is 5.32 Å². The van der Waals surface area contributed by atoms with Gasteiger partial charge in [-0.2, -0.15) is 17.8 Å². The Balaban J connectivity index is 1.71. The van der Waals surface area contributed by atoms with E-state index in [4.69, 9.17) is 5.14 Å². The molecule has 122 valence electrons. The van der Waals surface area contributed by atoms with Gasteiger partial charge >= 0.3 is 0 Å². The van der Waals surface area contributed by atoms with Gasteiger partial charge in [0.25, 0.3) is 10.2 Å². The summed E-state index contributed by atoms with van der Waals surface area (Å²) in [5.74, 6) is -0.596. The number of hydrogen-bond donors (Lipinski definition) is 3. The second kappa shape index (κ2) is 5.72. The van der Waals surface area contributed by atoms with Gasteiger partial charge in [0.05, 0.1) is 18.7 Å². The van der Waals surface area contributed by atoms with E-state index in [1.54, 1.807) is 12.1 Å². The van der Waals surface area contributed by atoms with E-state index in [0.717, 1.165) is 4.31 Å². The summed E-state index contributed by atoms with van der Waals surface area (Å²) in [4.78, 5) is 12.0. The van der Waals surface area contributed by atoms with Crippen molar-refractivity contribution in [3.8, 4) is 0 Å². The average molecular weight is 339 g/mol. The van der Waals surface area contributed by atoms with Crippen LogP contribution in [0, 0.1) is 5.82 Å². The van der Waals surface area contributed by atoms with Crippen molar-refractivity contribution < 1.29 is 17.6 Å². The van der Waals surface area contributed by atoms with Crippen LogP contribution in [0.25, 0.3) is 0 Å². The zero-order valence-electron chi connectivity index (χ0n) is 11.9. The number of fused-ring (bicyclic) bond motifs is 1. The maximum atomic E-state index is 13.5. The highest BCUT2D eigenvalue weighted by molar-refractivity contribution is 7.86. The maximum Gasteiger partial charge on any atom is 0.277 e. The smallest absolute Gasteiger partial charge is 0.277 e. The summed E-state index contributed by atoms with van der Waals surface area (Å²) < 4.78 is 37.3. The molecular formula is C13H14FN5O3S. The van der Waals surface area contributed by atoms with Crippen LogP contribution in [0.1, 0.15) is 16.8 Å². The van der Waals surface area contributed by atoms with Crippen LogP contribution in [0.15, 0.2) is 24.3 Å². The molecule has 0 fully saturated rings. The summed E-state index contributed by atoms with van der Waals surface area (Å²) in [6.45, 7) is 0.0772. The molecule has 2 aromatic rings. The Kier molecular flexibility index (Phi) is 3.88. The van der Waals surface area contributed by atoms with E-state index >= 15 is 0 Å². The Morgan fingerprint density at radius 2 is 2.13 bits per heavy atom. The van der Waals surface area contributed by atoms with Gasteiger partial charge in [0.1, 0.15) is 11.6 Å². The van der Waals surface area contributed by atoms with Crippen molar-refractivity contribution in [3.05, 3.63) is 46.9 Å². The van der Waals surface area contributed by atoms with Crippen LogP contribution in [0.3, 0.4) is 0 Å². The quantitative estimate of drug-likeness (QED) is 0.739. The van der Waals surface area contributed by atoms with Gasteiger partial charge in [0.15, 0.2) is 0 Å². The van der Waals surface area contributed by atoms with Crippen molar-refractivity contribution in [1.82, 2.24) is 14.5 Å². The molecule has 2 heterocycles. The van der Waals surface area contributed by atoms with E-state index in [0.29, 0.717) is 17.1 Å². The summed E-state index contributed by atoms with van der Waals surface area (Å²) in [5, 5.41) is 14.3. The summed E-state index contributed by atoms with van der Waals surface area (Å²) in [7, 11) is -3.82. The Hall–Kier alpha value is -2.30. The fourth-order valence-corrected chi connectivity index (χ4v) is 3.00. The highest BCUT2D eigenvalue weighted by Gasteiger charge is 2.31. The number of anilines is 1. The van der Waals surface area contributed by atoms with E-state index in [1.165, 1.54) is 12.1 Å². The van der Waals surface area contributed by atoms with Gasteiger partial charge in [0.2, 0.25) is 5.91 Å². The predicted octanol–water partition coefficient (Wildman–Crippen LogP) is 0.249. The van der Waals surface area contributed by atoms with Crippen molar-refractivity contribution in [2.75, 3.05) is 5.32 Å². The average Bonchev–Trinajstić information content (AvgIpc) is 3.03. The minimum Gasteiger partial charge on any atom is -0.311 e. The number of carbonyl (C=O) groups excluding carboxylic acids is 1. The Morgan fingerprint density at radius 3 is 2.83 bits per heavy atom. The number of amides is 1. The molecule has 10 heteroatoms. The molecule has 0 unspecified atom stereocenters. The second-order valence-corrected chi connectivity index (χ2v) is 6.70. The number of carbonyl (C=O) groups is 1. The van der Waals surface area contributed by atoms with Crippen LogP contribution in [0.5, 0.6) is 0 Å². The topological polar surface area (TPSA) is 121 Å². The standard InChI is InChI=1S/C13H14FN5O3S/c14-10-4-2-1-3-8(10)5-12(20)16-13-9-6-19(23(15,21)22)7-11(9)17-18-13/h1-4H,5-7H2,(H2,15,21,22)(H2,16,17,18,20). The SMILES string of the molecule is NS(=O)(=O)N1Cc2n[nH]c(NC(=O)Cc3ccccc3F)c2C1. The molecule has 0 aliphatic carbocycles. The van der Waals surface area contributed by atoms with E-state index < -0.39 is 21.9 Å². The zero-order valence-corrected chi connectivity index (χ0v) is 12.7. The highest BCUT2D eigenvalue weighted by Crippen LogP contribution is 2.28. The Bertz CT molecular complexity index is 864. The molecule has 0 spiro atoms. The number of nitrogens with one attached hydrogen (secondary N) is 2. The largest absolute Gasteiger partial charge is 0.311 e. The predicted molar refractivity (Wildman–Crippen MR) is 79.7 cm³/mol. The number of benzene rings is 1. The van der Waals surface area contributed by atoms with Crippen molar-refractivity contribution in [2.24, 2.45) is 5.14 Å². The third kappa shape index (κ3) is 3.23. The molecule has 0 bridgehead atoms. The number of H-pyrrole nitrogens is 1. The highest BCUT2D eigenvalue weighted by atomic mass is 32.2. The monoisotopic (exact) mass is 339 g/mol. The molecule has 4 N–H and O–H groups in total. The molecule has 0 saturated carbocycles. The van der Waals surface area contributed by atoms with E-state index in [2.05, 4.69) is 15.5 Å². The normalized spacial score (nSPS) is 14.7. The lowest BCUT2D eigenvalue weighted by Crippen LogP contribution is -2.32. The first kappa shape index (κ1) is 15.6. The molecule has 0 radical (unpaired) electrons. The van der Waals surface area contributed by atoms with Crippen LogP contribution in [-0.4, -0.2) is 28.8 Å². The number of rotatable bonds is 4. The van der Waals surface area contributed by atoms with E-state index in [9.17, 15) is 17.6 Å². The molecule has 1 aromatic carbocycles. The van der Waals surface area contributed by atoms with Crippen molar-refractivity contribution in [1.29, 1.82) is 0 Å². The number of aromatic nitrogens is 2.